The molecule has 0 aromatic heterocycles. The van der Waals surface area contributed by atoms with Crippen molar-refractivity contribution in [2.45, 2.75) is 25.7 Å². The number of halogens is 2. The van der Waals surface area contributed by atoms with Gasteiger partial charge in [-0.2, -0.15) is 0 Å². The van der Waals surface area contributed by atoms with Crippen LogP contribution in [0.2, 0.25) is 0 Å². The van der Waals surface area contributed by atoms with Crippen molar-refractivity contribution >= 4 is 15.9 Å². The van der Waals surface area contributed by atoms with E-state index in [0.29, 0.717) is 5.92 Å². The molecular weight excluding hydrogens is 325 g/mol. The van der Waals surface area contributed by atoms with Crippen molar-refractivity contribution in [1.29, 1.82) is 0 Å². The van der Waals surface area contributed by atoms with Gasteiger partial charge in [0.15, 0.2) is 6.29 Å². The van der Waals surface area contributed by atoms with E-state index >= 15 is 0 Å². The van der Waals surface area contributed by atoms with Crippen molar-refractivity contribution < 1.29 is 13.9 Å². The Hall–Kier alpha value is -0.490. The molecule has 2 heterocycles. The molecule has 2 aliphatic heterocycles. The van der Waals surface area contributed by atoms with E-state index in [-0.39, 0.29) is 12.1 Å². The maximum atomic E-state index is 13.1. The monoisotopic (exact) mass is 343 g/mol. The summed E-state index contributed by atoms with van der Waals surface area (Å²) in [6.07, 6.45) is 2.21. The van der Waals surface area contributed by atoms with Gasteiger partial charge in [-0.05, 0) is 43.6 Å². The first kappa shape index (κ1) is 14.4. The predicted molar refractivity (Wildman–Crippen MR) is 77.8 cm³/mol. The predicted octanol–water partition coefficient (Wildman–Crippen LogP) is 3.17. The summed E-state index contributed by atoms with van der Waals surface area (Å²) in [6.45, 7) is 4.40. The Bertz CT molecular complexity index is 457. The average molecular weight is 344 g/mol. The number of hydrogen-bond donors (Lipinski definition) is 0. The molecule has 2 saturated heterocycles. The SMILES string of the molecule is Fc1ccc(CN2CCC(C3OCCO3)CC2)c(Br)c1. The lowest BCUT2D eigenvalue weighted by Gasteiger charge is -2.34. The Morgan fingerprint density at radius 1 is 1.20 bits per heavy atom. The molecule has 3 rings (SSSR count). The number of ether oxygens (including phenoxy) is 2. The van der Waals surface area contributed by atoms with Crippen LogP contribution < -0.4 is 0 Å². The maximum Gasteiger partial charge on any atom is 0.160 e. The summed E-state index contributed by atoms with van der Waals surface area (Å²) in [5.41, 5.74) is 1.14. The minimum absolute atomic E-state index is 0.00899. The molecule has 0 bridgehead atoms. The van der Waals surface area contributed by atoms with Crippen molar-refractivity contribution in [3.63, 3.8) is 0 Å². The first-order valence-electron chi connectivity index (χ1n) is 7.12. The highest BCUT2D eigenvalue weighted by Gasteiger charge is 2.30. The van der Waals surface area contributed by atoms with Crippen LogP contribution in [0.4, 0.5) is 4.39 Å². The zero-order valence-electron chi connectivity index (χ0n) is 11.4. The number of hydrogen-bond acceptors (Lipinski definition) is 3. The normalized spacial score (nSPS) is 22.5. The van der Waals surface area contributed by atoms with E-state index < -0.39 is 0 Å². The summed E-state index contributed by atoms with van der Waals surface area (Å²) in [6, 6.07) is 4.91. The molecule has 20 heavy (non-hydrogen) atoms. The second-order valence-corrected chi connectivity index (χ2v) is 6.31. The summed E-state index contributed by atoms with van der Waals surface area (Å²) in [7, 11) is 0. The Morgan fingerprint density at radius 2 is 1.90 bits per heavy atom. The summed E-state index contributed by atoms with van der Waals surface area (Å²) < 4.78 is 25.1. The van der Waals surface area contributed by atoms with E-state index in [1.165, 1.54) is 12.1 Å². The Morgan fingerprint density at radius 3 is 2.55 bits per heavy atom. The van der Waals surface area contributed by atoms with Crippen molar-refractivity contribution in [1.82, 2.24) is 4.90 Å². The number of benzene rings is 1. The standard InChI is InChI=1S/C15H19BrFNO2/c16-14-9-13(17)2-1-12(14)10-18-5-3-11(4-6-18)15-19-7-8-20-15/h1-2,9,11,15H,3-8,10H2. The molecular formula is C15H19BrFNO2. The van der Waals surface area contributed by atoms with E-state index in [4.69, 9.17) is 9.47 Å². The molecule has 0 amide bonds. The zero-order chi connectivity index (χ0) is 13.9. The lowest BCUT2D eigenvalue weighted by molar-refractivity contribution is -0.0978. The quantitative estimate of drug-likeness (QED) is 0.841. The fourth-order valence-corrected chi connectivity index (χ4v) is 3.40. The van der Waals surface area contributed by atoms with Gasteiger partial charge in [0, 0.05) is 16.9 Å². The number of piperidine rings is 1. The van der Waals surface area contributed by atoms with Gasteiger partial charge in [-0.15, -0.1) is 0 Å². The highest BCUT2D eigenvalue weighted by molar-refractivity contribution is 9.10. The van der Waals surface area contributed by atoms with Crippen LogP contribution in [0.25, 0.3) is 0 Å². The second-order valence-electron chi connectivity index (χ2n) is 5.46. The Kier molecular flexibility index (Phi) is 4.71. The third-order valence-electron chi connectivity index (χ3n) is 4.07. The van der Waals surface area contributed by atoms with Gasteiger partial charge in [0.25, 0.3) is 0 Å². The summed E-state index contributed by atoms with van der Waals surface area (Å²) in [4.78, 5) is 2.41. The molecule has 0 aliphatic carbocycles. The third kappa shape index (κ3) is 3.39. The summed E-state index contributed by atoms with van der Waals surface area (Å²) >= 11 is 3.43. The Balaban J connectivity index is 1.53. The van der Waals surface area contributed by atoms with E-state index in [1.807, 2.05) is 6.07 Å². The van der Waals surface area contributed by atoms with Crippen LogP contribution in [0.1, 0.15) is 18.4 Å². The first-order valence-corrected chi connectivity index (χ1v) is 7.91. The number of likely N-dealkylation sites (tertiary alicyclic amines) is 1. The van der Waals surface area contributed by atoms with Crippen molar-refractivity contribution in [3.05, 3.63) is 34.1 Å². The molecule has 0 unspecified atom stereocenters. The van der Waals surface area contributed by atoms with E-state index in [9.17, 15) is 4.39 Å². The van der Waals surface area contributed by atoms with Gasteiger partial charge in [-0.3, -0.25) is 4.90 Å². The summed E-state index contributed by atoms with van der Waals surface area (Å²) in [5, 5.41) is 0. The molecule has 2 aliphatic rings. The molecule has 5 heteroatoms. The molecule has 1 aromatic rings. The smallest absolute Gasteiger partial charge is 0.160 e. The minimum atomic E-state index is -0.199. The largest absolute Gasteiger partial charge is 0.350 e. The zero-order valence-corrected chi connectivity index (χ0v) is 12.9. The molecule has 0 spiro atoms. The molecule has 0 atom stereocenters. The fraction of sp³-hybridized carbons (Fsp3) is 0.600. The molecule has 1 aromatic carbocycles. The van der Waals surface area contributed by atoms with Gasteiger partial charge in [0.1, 0.15) is 5.82 Å². The molecule has 3 nitrogen and oxygen atoms in total. The van der Waals surface area contributed by atoms with Crippen LogP contribution in [0.5, 0.6) is 0 Å². The van der Waals surface area contributed by atoms with E-state index in [2.05, 4.69) is 20.8 Å². The highest BCUT2D eigenvalue weighted by Crippen LogP contribution is 2.27. The first-order chi connectivity index (χ1) is 9.72. The van der Waals surface area contributed by atoms with E-state index in [1.54, 1.807) is 0 Å². The van der Waals surface area contributed by atoms with Crippen molar-refractivity contribution in [2.75, 3.05) is 26.3 Å². The molecule has 0 saturated carbocycles. The molecule has 0 radical (unpaired) electrons. The van der Waals surface area contributed by atoms with Crippen LogP contribution in [0.15, 0.2) is 22.7 Å². The highest BCUT2D eigenvalue weighted by atomic mass is 79.9. The van der Waals surface area contributed by atoms with Crippen LogP contribution in [-0.4, -0.2) is 37.5 Å². The topological polar surface area (TPSA) is 21.7 Å². The summed E-state index contributed by atoms with van der Waals surface area (Å²) in [5.74, 6) is 0.320. The van der Waals surface area contributed by atoms with Gasteiger partial charge >= 0.3 is 0 Å². The molecule has 2 fully saturated rings. The van der Waals surface area contributed by atoms with Crippen LogP contribution in [0.3, 0.4) is 0 Å². The van der Waals surface area contributed by atoms with Crippen LogP contribution in [-0.2, 0) is 16.0 Å². The van der Waals surface area contributed by atoms with Crippen molar-refractivity contribution in [3.8, 4) is 0 Å². The van der Waals surface area contributed by atoms with Crippen molar-refractivity contribution in [2.24, 2.45) is 5.92 Å². The second kappa shape index (κ2) is 6.52. The van der Waals surface area contributed by atoms with Gasteiger partial charge < -0.3 is 9.47 Å². The van der Waals surface area contributed by atoms with E-state index in [0.717, 1.165) is 55.7 Å². The van der Waals surface area contributed by atoms with Gasteiger partial charge in [-0.25, -0.2) is 4.39 Å². The average Bonchev–Trinajstić information content (AvgIpc) is 2.97. The van der Waals surface area contributed by atoms with Crippen LogP contribution >= 0.6 is 15.9 Å². The molecule has 0 N–H and O–H groups in total. The number of nitrogens with zero attached hydrogens (tertiary/aromatic N) is 1. The third-order valence-corrected chi connectivity index (χ3v) is 4.81. The molecule has 110 valence electrons. The number of rotatable bonds is 3. The lowest BCUT2D eigenvalue weighted by atomic mass is 9.96. The lowest BCUT2D eigenvalue weighted by Crippen LogP contribution is -2.37. The fourth-order valence-electron chi connectivity index (χ4n) is 2.92. The van der Waals surface area contributed by atoms with Gasteiger partial charge in [-0.1, -0.05) is 22.0 Å². The Labute approximate surface area is 127 Å². The van der Waals surface area contributed by atoms with Gasteiger partial charge in [0.05, 0.1) is 13.2 Å². The van der Waals surface area contributed by atoms with Gasteiger partial charge in [0.2, 0.25) is 0 Å². The van der Waals surface area contributed by atoms with Crippen LogP contribution in [0, 0.1) is 11.7 Å². The maximum absolute atomic E-state index is 13.1. The minimum Gasteiger partial charge on any atom is -0.350 e.